The van der Waals surface area contributed by atoms with E-state index in [4.69, 9.17) is 9.97 Å². The molecule has 1 saturated heterocycles. The topological polar surface area (TPSA) is 95.0 Å². The van der Waals surface area contributed by atoms with Gasteiger partial charge in [-0.05, 0) is 68.2 Å². The second-order valence-corrected chi connectivity index (χ2v) is 10.7. The van der Waals surface area contributed by atoms with Crippen molar-refractivity contribution in [2.45, 2.75) is 26.2 Å². The summed E-state index contributed by atoms with van der Waals surface area (Å²) < 4.78 is 15.5. The Morgan fingerprint density at radius 1 is 1.08 bits per heavy atom. The lowest BCUT2D eigenvalue weighted by Gasteiger charge is -2.26. The van der Waals surface area contributed by atoms with Gasteiger partial charge >= 0.3 is 0 Å². The number of nitriles is 1. The number of halogens is 1. The van der Waals surface area contributed by atoms with E-state index in [9.17, 15) is 9.65 Å². The largest absolute Gasteiger partial charge is 0.316 e. The van der Waals surface area contributed by atoms with Gasteiger partial charge in [0.1, 0.15) is 39.7 Å². The summed E-state index contributed by atoms with van der Waals surface area (Å²) >= 11 is 1.30. The zero-order valence-electron chi connectivity index (χ0n) is 21.7. The van der Waals surface area contributed by atoms with E-state index < -0.39 is 0 Å². The molecular formula is C29H27FN8S. The molecule has 0 spiro atoms. The summed E-state index contributed by atoms with van der Waals surface area (Å²) in [6, 6.07) is 12.3. The summed E-state index contributed by atoms with van der Waals surface area (Å²) in [7, 11) is 1.93. The number of nitrogens with zero attached hydrogens (tertiary/aromatic N) is 7. The number of hydrogen-bond acceptors (Lipinski definition) is 8. The van der Waals surface area contributed by atoms with Crippen LogP contribution in [0.4, 0.5) is 15.3 Å². The van der Waals surface area contributed by atoms with Crippen LogP contribution in [0.25, 0.3) is 28.0 Å². The molecule has 0 aliphatic carbocycles. The zero-order chi connectivity index (χ0) is 26.9. The third kappa shape index (κ3) is 4.87. The maximum atomic E-state index is 13.5. The SMILES string of the molecule is CCc1nc2ccc(-c3cnc(CCC4CNC4)nc3)cn2c1N(C)c1nc(-c2ccc(F)cc2)c(C#N)s1. The Morgan fingerprint density at radius 3 is 2.49 bits per heavy atom. The van der Waals surface area contributed by atoms with Crippen molar-refractivity contribution in [3.63, 3.8) is 0 Å². The van der Waals surface area contributed by atoms with Crippen molar-refractivity contribution in [1.29, 1.82) is 5.26 Å². The highest BCUT2D eigenvalue weighted by Gasteiger charge is 2.22. The molecule has 1 aliphatic rings. The molecule has 5 aromatic rings. The number of nitrogens with one attached hydrogen (secondary N) is 1. The number of fused-ring (bicyclic) bond motifs is 1. The van der Waals surface area contributed by atoms with Crippen molar-refractivity contribution in [3.05, 3.63) is 77.2 Å². The smallest absolute Gasteiger partial charge is 0.192 e. The van der Waals surface area contributed by atoms with E-state index in [1.54, 1.807) is 12.1 Å². The van der Waals surface area contributed by atoms with E-state index in [-0.39, 0.29) is 5.82 Å². The lowest BCUT2D eigenvalue weighted by Crippen LogP contribution is -2.42. The predicted molar refractivity (Wildman–Crippen MR) is 151 cm³/mol. The van der Waals surface area contributed by atoms with Gasteiger partial charge in [-0.1, -0.05) is 18.3 Å². The molecule has 196 valence electrons. The molecule has 0 atom stereocenters. The fourth-order valence-electron chi connectivity index (χ4n) is 4.78. The van der Waals surface area contributed by atoms with Crippen molar-refractivity contribution >= 4 is 27.9 Å². The number of imidazole rings is 1. The van der Waals surface area contributed by atoms with Gasteiger partial charge in [0.25, 0.3) is 0 Å². The second kappa shape index (κ2) is 10.5. The number of benzene rings is 1. The lowest BCUT2D eigenvalue weighted by atomic mass is 9.97. The number of aryl methyl sites for hydroxylation is 2. The van der Waals surface area contributed by atoms with Gasteiger partial charge in [0, 0.05) is 48.7 Å². The first-order valence-corrected chi connectivity index (χ1v) is 13.8. The average molecular weight is 539 g/mol. The van der Waals surface area contributed by atoms with Crippen LogP contribution in [0.3, 0.4) is 0 Å². The van der Waals surface area contributed by atoms with Crippen LogP contribution in [0.1, 0.15) is 29.7 Å². The summed E-state index contributed by atoms with van der Waals surface area (Å²) in [6.45, 7) is 4.25. The number of anilines is 2. The quantitative estimate of drug-likeness (QED) is 0.282. The van der Waals surface area contributed by atoms with Gasteiger partial charge < -0.3 is 10.2 Å². The highest BCUT2D eigenvalue weighted by molar-refractivity contribution is 7.16. The van der Waals surface area contributed by atoms with Gasteiger partial charge in [-0.25, -0.2) is 24.3 Å². The molecule has 0 amide bonds. The van der Waals surface area contributed by atoms with Gasteiger partial charge in [-0.15, -0.1) is 0 Å². The van der Waals surface area contributed by atoms with Crippen molar-refractivity contribution in [1.82, 2.24) is 29.7 Å². The molecule has 1 aromatic carbocycles. The summed E-state index contributed by atoms with van der Waals surface area (Å²) in [5.74, 6) is 2.15. The minimum atomic E-state index is -0.329. The van der Waals surface area contributed by atoms with E-state index in [2.05, 4.69) is 32.7 Å². The lowest BCUT2D eigenvalue weighted by molar-refractivity contribution is 0.326. The summed E-state index contributed by atoms with van der Waals surface area (Å²) in [5, 5.41) is 13.7. The van der Waals surface area contributed by atoms with Crippen LogP contribution in [0.2, 0.25) is 0 Å². The third-order valence-electron chi connectivity index (χ3n) is 7.12. The van der Waals surface area contributed by atoms with Crippen LogP contribution in [0.5, 0.6) is 0 Å². The van der Waals surface area contributed by atoms with E-state index in [0.717, 1.165) is 72.4 Å². The molecule has 10 heteroatoms. The molecule has 8 nitrogen and oxygen atoms in total. The van der Waals surface area contributed by atoms with E-state index in [1.807, 2.05) is 42.7 Å². The molecule has 4 aromatic heterocycles. The van der Waals surface area contributed by atoms with Crippen LogP contribution in [0.15, 0.2) is 55.0 Å². The molecule has 0 unspecified atom stereocenters. The van der Waals surface area contributed by atoms with E-state index in [1.165, 1.54) is 23.5 Å². The normalized spacial score (nSPS) is 13.4. The number of rotatable bonds is 8. The van der Waals surface area contributed by atoms with Crippen LogP contribution in [-0.2, 0) is 12.8 Å². The summed E-state index contributed by atoms with van der Waals surface area (Å²) in [6.07, 6.45) is 8.55. The van der Waals surface area contributed by atoms with E-state index in [0.29, 0.717) is 21.3 Å². The summed E-state index contributed by atoms with van der Waals surface area (Å²) in [4.78, 5) is 21.3. The Labute approximate surface area is 229 Å². The Hall–Kier alpha value is -4.20. The maximum absolute atomic E-state index is 13.5. The van der Waals surface area contributed by atoms with Crippen LogP contribution in [-0.4, -0.2) is 44.5 Å². The Kier molecular flexibility index (Phi) is 6.77. The zero-order valence-corrected chi connectivity index (χ0v) is 22.5. The second-order valence-electron chi connectivity index (χ2n) is 9.68. The van der Waals surface area contributed by atoms with Gasteiger partial charge in [-0.2, -0.15) is 5.26 Å². The van der Waals surface area contributed by atoms with Gasteiger partial charge in [0.05, 0.1) is 5.69 Å². The first kappa shape index (κ1) is 25.1. The number of hydrogen-bond donors (Lipinski definition) is 1. The average Bonchev–Trinajstić information content (AvgIpc) is 3.54. The highest BCUT2D eigenvalue weighted by atomic mass is 32.1. The number of aromatic nitrogens is 5. The first-order valence-electron chi connectivity index (χ1n) is 13.0. The van der Waals surface area contributed by atoms with Crippen molar-refractivity contribution < 1.29 is 4.39 Å². The van der Waals surface area contributed by atoms with Crippen LogP contribution in [0, 0.1) is 23.1 Å². The fraction of sp³-hybridized carbons (Fsp3) is 0.276. The maximum Gasteiger partial charge on any atom is 0.192 e. The first-order chi connectivity index (χ1) is 19.0. The molecule has 0 radical (unpaired) electrons. The van der Waals surface area contributed by atoms with Crippen molar-refractivity contribution in [2.75, 3.05) is 25.0 Å². The van der Waals surface area contributed by atoms with E-state index >= 15 is 0 Å². The molecular weight excluding hydrogens is 511 g/mol. The van der Waals surface area contributed by atoms with Gasteiger partial charge in [-0.3, -0.25) is 4.40 Å². The predicted octanol–water partition coefficient (Wildman–Crippen LogP) is 5.41. The molecule has 1 N–H and O–H groups in total. The Morgan fingerprint density at radius 2 is 1.82 bits per heavy atom. The molecule has 0 saturated carbocycles. The fourth-order valence-corrected chi connectivity index (χ4v) is 5.63. The monoisotopic (exact) mass is 538 g/mol. The van der Waals surface area contributed by atoms with Crippen molar-refractivity contribution in [3.8, 4) is 28.5 Å². The minimum Gasteiger partial charge on any atom is -0.316 e. The van der Waals surface area contributed by atoms with Crippen LogP contribution >= 0.6 is 11.3 Å². The van der Waals surface area contributed by atoms with Crippen LogP contribution < -0.4 is 10.2 Å². The minimum absolute atomic E-state index is 0.329. The molecule has 0 bridgehead atoms. The Balaban J connectivity index is 1.33. The van der Waals surface area contributed by atoms with Gasteiger partial charge in [0.15, 0.2) is 5.13 Å². The molecule has 6 rings (SSSR count). The molecule has 39 heavy (non-hydrogen) atoms. The molecule has 1 aliphatic heterocycles. The van der Waals surface area contributed by atoms with Gasteiger partial charge in [0.2, 0.25) is 0 Å². The van der Waals surface area contributed by atoms with Crippen molar-refractivity contribution in [2.24, 2.45) is 5.92 Å². The Bertz CT molecular complexity index is 1660. The standard InChI is InChI=1S/C29H27FN8S/c1-3-23-28(37(2)29-36-27(24(12-31)39-29)19-5-8-22(30)9-6-19)38-17-20(7-11-26(38)35-23)21-15-33-25(34-16-21)10-4-18-13-32-14-18/h5-9,11,15-18,32H,3-4,10,13-14H2,1-2H3. The highest BCUT2D eigenvalue weighted by Crippen LogP contribution is 2.37. The number of pyridine rings is 1. The number of thiazole rings is 1. The molecule has 1 fully saturated rings. The third-order valence-corrected chi connectivity index (χ3v) is 8.15. The summed E-state index contributed by atoms with van der Waals surface area (Å²) in [5.41, 5.74) is 4.90. The molecule has 5 heterocycles.